The fraction of sp³-hybridized carbons (Fsp3) is 0. The van der Waals surface area contributed by atoms with Gasteiger partial charge in [0.1, 0.15) is 0 Å². The maximum Gasteiger partial charge on any atom is 0.283 e. The van der Waals surface area contributed by atoms with Crippen molar-refractivity contribution in [2.45, 2.75) is 0 Å². The van der Waals surface area contributed by atoms with Crippen LogP contribution in [0.3, 0.4) is 0 Å². The third-order valence-electron chi connectivity index (χ3n) is 1.26. The first-order valence-electron chi connectivity index (χ1n) is 3.39. The van der Waals surface area contributed by atoms with Crippen LogP contribution in [-0.2, 0) is 4.79 Å². The van der Waals surface area contributed by atoms with E-state index in [0.717, 1.165) is 0 Å². The van der Waals surface area contributed by atoms with Gasteiger partial charge in [-0.2, -0.15) is 0 Å². The van der Waals surface area contributed by atoms with Crippen LogP contribution < -0.4 is 11.5 Å². The van der Waals surface area contributed by atoms with Crippen molar-refractivity contribution >= 4 is 17.4 Å². The molecule has 1 amide bonds. The lowest BCUT2D eigenvalue weighted by atomic mass is 10.3. The van der Waals surface area contributed by atoms with Crippen LogP contribution in [0.15, 0.2) is 35.3 Å². The zero-order valence-electron chi connectivity index (χ0n) is 6.40. The minimum Gasteiger partial charge on any atom is -0.379 e. The number of benzene rings is 1. The van der Waals surface area contributed by atoms with Gasteiger partial charge in [0.05, 0.1) is 5.69 Å². The number of rotatable bonds is 1. The Morgan fingerprint density at radius 2 is 1.75 bits per heavy atom. The fourth-order valence-corrected chi connectivity index (χ4v) is 0.697. The second-order valence-electron chi connectivity index (χ2n) is 2.20. The lowest BCUT2D eigenvalue weighted by molar-refractivity contribution is -0.112. The van der Waals surface area contributed by atoms with E-state index in [9.17, 15) is 4.79 Å². The van der Waals surface area contributed by atoms with Crippen molar-refractivity contribution in [3.8, 4) is 0 Å². The molecule has 0 radical (unpaired) electrons. The predicted molar refractivity (Wildman–Crippen MR) is 46.9 cm³/mol. The molecular formula is C8H9N3O. The maximum atomic E-state index is 10.5. The lowest BCUT2D eigenvalue weighted by Crippen LogP contribution is -2.30. The molecule has 0 aromatic heterocycles. The van der Waals surface area contributed by atoms with E-state index in [2.05, 4.69) is 4.99 Å². The van der Waals surface area contributed by atoms with E-state index in [4.69, 9.17) is 11.5 Å². The Kier molecular flexibility index (Phi) is 2.42. The number of para-hydroxylation sites is 1. The number of amidine groups is 1. The van der Waals surface area contributed by atoms with Crippen molar-refractivity contribution in [2.24, 2.45) is 16.5 Å². The molecule has 0 atom stereocenters. The van der Waals surface area contributed by atoms with Crippen LogP contribution in [0.5, 0.6) is 0 Å². The molecule has 1 aromatic rings. The van der Waals surface area contributed by atoms with Crippen molar-refractivity contribution in [2.75, 3.05) is 0 Å². The Labute approximate surface area is 69.9 Å². The first-order chi connectivity index (χ1) is 5.70. The number of nitrogens with two attached hydrogens (primary N) is 2. The topological polar surface area (TPSA) is 81.5 Å². The highest BCUT2D eigenvalue weighted by Gasteiger charge is 1.98. The molecule has 12 heavy (non-hydrogen) atoms. The predicted octanol–water partition coefficient (Wildman–Crippen LogP) is 0.161. The van der Waals surface area contributed by atoms with Gasteiger partial charge in [0.15, 0.2) is 5.84 Å². The summed E-state index contributed by atoms with van der Waals surface area (Å²) in [6, 6.07) is 8.91. The molecule has 0 heterocycles. The second-order valence-corrected chi connectivity index (χ2v) is 2.20. The van der Waals surface area contributed by atoms with Crippen LogP contribution in [-0.4, -0.2) is 11.7 Å². The average Bonchev–Trinajstić information content (AvgIpc) is 2.06. The molecule has 0 bridgehead atoms. The highest BCUT2D eigenvalue weighted by molar-refractivity contribution is 6.37. The number of carbonyl (C=O) groups is 1. The normalized spacial score (nSPS) is 11.2. The van der Waals surface area contributed by atoms with Gasteiger partial charge in [0, 0.05) is 0 Å². The third-order valence-corrected chi connectivity index (χ3v) is 1.26. The molecule has 0 aliphatic heterocycles. The van der Waals surface area contributed by atoms with E-state index >= 15 is 0 Å². The summed E-state index contributed by atoms with van der Waals surface area (Å²) in [5, 5.41) is 0. The van der Waals surface area contributed by atoms with Gasteiger partial charge in [-0.25, -0.2) is 4.99 Å². The Morgan fingerprint density at radius 1 is 1.17 bits per heavy atom. The van der Waals surface area contributed by atoms with Crippen molar-refractivity contribution in [3.63, 3.8) is 0 Å². The highest BCUT2D eigenvalue weighted by Crippen LogP contribution is 2.08. The SMILES string of the molecule is NC(=O)C(N)=Nc1ccccc1. The summed E-state index contributed by atoms with van der Waals surface area (Å²) in [6.45, 7) is 0. The van der Waals surface area contributed by atoms with Crippen LogP contribution in [0.1, 0.15) is 0 Å². The van der Waals surface area contributed by atoms with Crippen molar-refractivity contribution in [1.82, 2.24) is 0 Å². The van der Waals surface area contributed by atoms with Gasteiger partial charge >= 0.3 is 0 Å². The number of hydrogen-bond acceptors (Lipinski definition) is 2. The van der Waals surface area contributed by atoms with E-state index in [0.29, 0.717) is 5.69 Å². The molecule has 4 heteroatoms. The molecule has 62 valence electrons. The number of carbonyl (C=O) groups excluding carboxylic acids is 1. The summed E-state index contributed by atoms with van der Waals surface area (Å²) >= 11 is 0. The number of primary amides is 1. The molecule has 0 fully saturated rings. The largest absolute Gasteiger partial charge is 0.379 e. The van der Waals surface area contributed by atoms with Crippen LogP contribution in [0, 0.1) is 0 Å². The Balaban J connectivity index is 2.89. The van der Waals surface area contributed by atoms with E-state index in [1.807, 2.05) is 6.07 Å². The molecule has 0 aliphatic rings. The van der Waals surface area contributed by atoms with Crippen LogP contribution >= 0.6 is 0 Å². The molecule has 0 saturated carbocycles. The average molecular weight is 163 g/mol. The van der Waals surface area contributed by atoms with E-state index in [-0.39, 0.29) is 5.84 Å². The van der Waals surface area contributed by atoms with E-state index in [1.165, 1.54) is 0 Å². The molecule has 4 nitrogen and oxygen atoms in total. The quantitative estimate of drug-likeness (QED) is 0.456. The molecule has 1 aromatic carbocycles. The summed E-state index contributed by atoms with van der Waals surface area (Å²) in [7, 11) is 0. The second kappa shape index (κ2) is 3.52. The summed E-state index contributed by atoms with van der Waals surface area (Å²) in [4.78, 5) is 14.2. The van der Waals surface area contributed by atoms with Crippen molar-refractivity contribution < 1.29 is 4.79 Å². The van der Waals surface area contributed by atoms with Gasteiger partial charge in [0.2, 0.25) is 0 Å². The maximum absolute atomic E-state index is 10.5. The first kappa shape index (κ1) is 8.26. The molecule has 0 spiro atoms. The molecule has 1 rings (SSSR count). The van der Waals surface area contributed by atoms with Crippen LogP contribution in [0.2, 0.25) is 0 Å². The number of nitrogens with zero attached hydrogens (tertiary/aromatic N) is 1. The Bertz CT molecular complexity index is 305. The zero-order chi connectivity index (χ0) is 8.97. The van der Waals surface area contributed by atoms with Gasteiger partial charge in [-0.3, -0.25) is 4.79 Å². The van der Waals surface area contributed by atoms with E-state index < -0.39 is 5.91 Å². The standard InChI is InChI=1S/C8H9N3O/c9-7(8(10)12)11-6-4-2-1-3-5-6/h1-5H,(H2,9,11)(H2,10,12). The number of hydrogen-bond donors (Lipinski definition) is 2. The smallest absolute Gasteiger partial charge is 0.283 e. The molecule has 0 saturated heterocycles. The van der Waals surface area contributed by atoms with Gasteiger partial charge < -0.3 is 11.5 Å². The minimum absolute atomic E-state index is 0.179. The van der Waals surface area contributed by atoms with Crippen LogP contribution in [0.4, 0.5) is 5.69 Å². The molecule has 0 aliphatic carbocycles. The summed E-state index contributed by atoms with van der Waals surface area (Å²) in [5.74, 6) is -0.889. The van der Waals surface area contributed by atoms with E-state index in [1.54, 1.807) is 24.3 Å². The first-order valence-corrected chi connectivity index (χ1v) is 3.39. The highest BCUT2D eigenvalue weighted by atomic mass is 16.1. The Hall–Kier alpha value is -1.84. The number of amides is 1. The summed E-state index contributed by atoms with van der Waals surface area (Å²) in [6.07, 6.45) is 0. The fourth-order valence-electron chi connectivity index (χ4n) is 0.697. The lowest BCUT2D eigenvalue weighted by Gasteiger charge is -1.94. The van der Waals surface area contributed by atoms with Gasteiger partial charge in [0.25, 0.3) is 5.91 Å². The van der Waals surface area contributed by atoms with Crippen molar-refractivity contribution in [3.05, 3.63) is 30.3 Å². The van der Waals surface area contributed by atoms with Gasteiger partial charge in [-0.05, 0) is 12.1 Å². The molecular weight excluding hydrogens is 154 g/mol. The number of aliphatic imine (C=N–C) groups is 1. The Morgan fingerprint density at radius 3 is 2.25 bits per heavy atom. The van der Waals surface area contributed by atoms with Crippen LogP contribution in [0.25, 0.3) is 0 Å². The monoisotopic (exact) mass is 163 g/mol. The van der Waals surface area contributed by atoms with Crippen molar-refractivity contribution in [1.29, 1.82) is 0 Å². The molecule has 0 unspecified atom stereocenters. The summed E-state index contributed by atoms with van der Waals surface area (Å²) < 4.78 is 0. The van der Waals surface area contributed by atoms with Gasteiger partial charge in [-0.1, -0.05) is 18.2 Å². The van der Waals surface area contributed by atoms with Gasteiger partial charge in [-0.15, -0.1) is 0 Å². The minimum atomic E-state index is -0.709. The molecule has 4 N–H and O–H groups in total. The summed E-state index contributed by atoms with van der Waals surface area (Å²) in [5.41, 5.74) is 10.7. The zero-order valence-corrected chi connectivity index (χ0v) is 6.40. The third kappa shape index (κ3) is 2.09.